The van der Waals surface area contributed by atoms with Gasteiger partial charge >= 0.3 is 0 Å². The summed E-state index contributed by atoms with van der Waals surface area (Å²) in [7, 11) is 0. The molecule has 7 heteroatoms. The van der Waals surface area contributed by atoms with Crippen LogP contribution in [0.4, 0.5) is 0 Å². The van der Waals surface area contributed by atoms with E-state index >= 15 is 0 Å². The topological polar surface area (TPSA) is 61.4 Å². The molecule has 6 nitrogen and oxygen atoms in total. The maximum absolute atomic E-state index is 4.52. The molecule has 0 atom stereocenters. The lowest BCUT2D eigenvalue weighted by molar-refractivity contribution is 0.539. The molecule has 2 aromatic heterocycles. The minimum absolute atomic E-state index is 0.580. The van der Waals surface area contributed by atoms with Gasteiger partial charge < -0.3 is 0 Å². The van der Waals surface area contributed by atoms with Crippen molar-refractivity contribution in [2.45, 2.75) is 26.4 Å². The van der Waals surface area contributed by atoms with Crippen molar-refractivity contribution < 1.29 is 0 Å². The maximum atomic E-state index is 4.52. The molecule has 0 bridgehead atoms. The molecule has 3 aromatic rings. The summed E-state index contributed by atoms with van der Waals surface area (Å²) < 4.78 is 4.88. The summed E-state index contributed by atoms with van der Waals surface area (Å²) in [4.78, 5) is 8.66. The molecule has 0 fully saturated rings. The van der Waals surface area contributed by atoms with E-state index < -0.39 is 0 Å². The fourth-order valence-corrected chi connectivity index (χ4v) is 2.63. The molecule has 0 N–H and O–H groups in total. The van der Waals surface area contributed by atoms with Crippen molar-refractivity contribution >= 4 is 22.6 Å². The summed E-state index contributed by atoms with van der Waals surface area (Å²) >= 11 is 2.29. The Morgan fingerprint density at radius 2 is 2.14 bits per heavy atom. The van der Waals surface area contributed by atoms with Crippen molar-refractivity contribution in [1.29, 1.82) is 0 Å². The van der Waals surface area contributed by atoms with Gasteiger partial charge in [-0.05, 0) is 41.1 Å². The second kappa shape index (κ2) is 6.33. The predicted octanol–water partition coefficient (Wildman–Crippen LogP) is 2.60. The first-order chi connectivity index (χ1) is 10.3. The summed E-state index contributed by atoms with van der Waals surface area (Å²) in [5.74, 6) is 1.63. The number of halogens is 1. The number of benzene rings is 1. The number of rotatable bonds is 5. The average molecular weight is 394 g/mol. The molecule has 0 aliphatic rings. The van der Waals surface area contributed by atoms with E-state index in [9.17, 15) is 0 Å². The predicted molar refractivity (Wildman–Crippen MR) is 87.6 cm³/mol. The third-order valence-corrected chi connectivity index (χ3v) is 3.72. The third-order valence-electron chi connectivity index (χ3n) is 3.05. The molecule has 0 aliphatic heterocycles. The summed E-state index contributed by atoms with van der Waals surface area (Å²) in [5, 5.41) is 8.74. The van der Waals surface area contributed by atoms with E-state index in [0.29, 0.717) is 6.54 Å². The lowest BCUT2D eigenvalue weighted by Crippen LogP contribution is -2.10. The van der Waals surface area contributed by atoms with Crippen LogP contribution in [-0.2, 0) is 13.1 Å². The van der Waals surface area contributed by atoms with Gasteiger partial charge in [0.1, 0.15) is 25.0 Å². The first-order valence-corrected chi connectivity index (χ1v) is 7.86. The molecule has 0 saturated heterocycles. The smallest absolute Gasteiger partial charge is 0.181 e. The van der Waals surface area contributed by atoms with Gasteiger partial charge in [-0.25, -0.2) is 19.3 Å². The van der Waals surface area contributed by atoms with Crippen LogP contribution in [0.3, 0.4) is 0 Å². The summed E-state index contributed by atoms with van der Waals surface area (Å²) in [6.45, 7) is 3.57. The van der Waals surface area contributed by atoms with Gasteiger partial charge in [-0.1, -0.05) is 19.1 Å². The van der Waals surface area contributed by atoms with Crippen molar-refractivity contribution in [2.75, 3.05) is 0 Å². The van der Waals surface area contributed by atoms with Crippen LogP contribution < -0.4 is 0 Å². The monoisotopic (exact) mass is 394 g/mol. The SMILES string of the molecule is CCCn1ncnc1Cn1cnc(-c2cccc(I)c2)n1. The van der Waals surface area contributed by atoms with E-state index in [2.05, 4.69) is 55.7 Å². The second-order valence-electron chi connectivity index (χ2n) is 4.68. The van der Waals surface area contributed by atoms with Gasteiger partial charge in [-0.2, -0.15) is 10.2 Å². The molecule has 2 heterocycles. The molecule has 0 saturated carbocycles. The van der Waals surface area contributed by atoms with Gasteiger partial charge in [0.25, 0.3) is 0 Å². The highest BCUT2D eigenvalue weighted by Gasteiger charge is 2.08. The van der Waals surface area contributed by atoms with Crippen LogP contribution in [0.15, 0.2) is 36.9 Å². The summed E-state index contributed by atoms with van der Waals surface area (Å²) in [6.07, 6.45) is 4.35. The third kappa shape index (κ3) is 3.29. The van der Waals surface area contributed by atoms with Gasteiger partial charge in [-0.15, -0.1) is 0 Å². The van der Waals surface area contributed by atoms with E-state index in [-0.39, 0.29) is 0 Å². The van der Waals surface area contributed by atoms with Crippen molar-refractivity contribution in [3.05, 3.63) is 46.3 Å². The number of aryl methyl sites for hydroxylation is 1. The zero-order valence-corrected chi connectivity index (χ0v) is 13.8. The summed E-state index contributed by atoms with van der Waals surface area (Å²) in [6, 6.07) is 8.14. The molecule has 108 valence electrons. The molecule has 0 spiro atoms. The maximum Gasteiger partial charge on any atom is 0.181 e. The van der Waals surface area contributed by atoms with Crippen molar-refractivity contribution in [1.82, 2.24) is 29.5 Å². The molecule has 0 aliphatic carbocycles. The minimum atomic E-state index is 0.580. The Bertz CT molecular complexity index is 732. The normalized spacial score (nSPS) is 11.0. The Balaban J connectivity index is 1.80. The highest BCUT2D eigenvalue weighted by atomic mass is 127. The lowest BCUT2D eigenvalue weighted by Gasteiger charge is -2.03. The largest absolute Gasteiger partial charge is 0.248 e. The standard InChI is InChI=1S/C14H15IN6/c1-2-6-21-13(16-9-18-21)8-20-10-17-14(19-20)11-4-3-5-12(15)7-11/h3-5,7,9-10H,2,6,8H2,1H3. The van der Waals surface area contributed by atoms with Gasteiger partial charge in [0.2, 0.25) is 0 Å². The molecule has 3 rings (SSSR count). The molecule has 0 unspecified atom stereocenters. The molecule has 0 amide bonds. The highest BCUT2D eigenvalue weighted by molar-refractivity contribution is 14.1. The Morgan fingerprint density at radius 3 is 2.95 bits per heavy atom. The van der Waals surface area contributed by atoms with Gasteiger partial charge in [0, 0.05) is 15.7 Å². The van der Waals surface area contributed by atoms with E-state index in [1.54, 1.807) is 17.3 Å². The Morgan fingerprint density at radius 1 is 1.24 bits per heavy atom. The van der Waals surface area contributed by atoms with Crippen molar-refractivity contribution in [2.24, 2.45) is 0 Å². The Kier molecular flexibility index (Phi) is 4.28. The fourth-order valence-electron chi connectivity index (χ4n) is 2.08. The molecular formula is C14H15IN6. The number of nitrogens with zero attached hydrogens (tertiary/aromatic N) is 6. The van der Waals surface area contributed by atoms with E-state index in [1.807, 2.05) is 22.9 Å². The van der Waals surface area contributed by atoms with E-state index in [0.717, 1.165) is 30.2 Å². The van der Waals surface area contributed by atoms with Crippen LogP contribution in [-0.4, -0.2) is 29.5 Å². The summed E-state index contributed by atoms with van der Waals surface area (Å²) in [5.41, 5.74) is 1.02. The number of hydrogen-bond acceptors (Lipinski definition) is 4. The Hall–Kier alpha value is -1.77. The van der Waals surface area contributed by atoms with E-state index in [1.165, 1.54) is 3.57 Å². The number of hydrogen-bond donors (Lipinski definition) is 0. The minimum Gasteiger partial charge on any atom is -0.248 e. The molecular weight excluding hydrogens is 379 g/mol. The molecule has 21 heavy (non-hydrogen) atoms. The zero-order valence-electron chi connectivity index (χ0n) is 11.6. The van der Waals surface area contributed by atoms with Crippen LogP contribution in [0.5, 0.6) is 0 Å². The zero-order chi connectivity index (χ0) is 14.7. The van der Waals surface area contributed by atoms with Crippen LogP contribution in [0.2, 0.25) is 0 Å². The van der Waals surface area contributed by atoms with Crippen molar-refractivity contribution in [3.63, 3.8) is 0 Å². The average Bonchev–Trinajstić information content (AvgIpc) is 3.10. The van der Waals surface area contributed by atoms with Crippen molar-refractivity contribution in [3.8, 4) is 11.4 Å². The van der Waals surface area contributed by atoms with Gasteiger partial charge in [-0.3, -0.25) is 0 Å². The van der Waals surface area contributed by atoms with Crippen LogP contribution >= 0.6 is 22.6 Å². The van der Waals surface area contributed by atoms with Crippen LogP contribution in [0, 0.1) is 3.57 Å². The molecule has 1 aromatic carbocycles. The fraction of sp³-hybridized carbons (Fsp3) is 0.286. The van der Waals surface area contributed by atoms with Gasteiger partial charge in [0.05, 0.1) is 0 Å². The van der Waals surface area contributed by atoms with Crippen LogP contribution in [0.1, 0.15) is 19.2 Å². The quantitative estimate of drug-likeness (QED) is 0.625. The second-order valence-corrected chi connectivity index (χ2v) is 5.92. The number of aromatic nitrogens is 6. The van der Waals surface area contributed by atoms with E-state index in [4.69, 9.17) is 0 Å². The Labute approximate surface area is 136 Å². The first-order valence-electron chi connectivity index (χ1n) is 6.78. The molecule has 0 radical (unpaired) electrons. The lowest BCUT2D eigenvalue weighted by atomic mass is 10.2. The van der Waals surface area contributed by atoms with Gasteiger partial charge in [0.15, 0.2) is 5.82 Å². The first kappa shape index (κ1) is 14.2. The van der Waals surface area contributed by atoms with Crippen LogP contribution in [0.25, 0.3) is 11.4 Å². The highest BCUT2D eigenvalue weighted by Crippen LogP contribution is 2.17.